The lowest BCUT2D eigenvalue weighted by molar-refractivity contribution is -0.121. The van der Waals surface area contributed by atoms with E-state index < -0.39 is 11.9 Å². The fraction of sp³-hybridized carbons (Fsp3) is 0.385. The Morgan fingerprint density at radius 2 is 1.76 bits per heavy atom. The maximum absolute atomic E-state index is 11.7. The second-order valence-corrected chi connectivity index (χ2v) is 4.06. The summed E-state index contributed by atoms with van der Waals surface area (Å²) in [6.07, 6.45) is 1.59. The molecule has 4 heteroatoms. The summed E-state index contributed by atoms with van der Waals surface area (Å²) in [6.45, 7) is 0. The van der Waals surface area contributed by atoms with Gasteiger partial charge in [0, 0.05) is 12.8 Å². The molecule has 0 aromatic heterocycles. The molecular formula is C13H18N2O2. The maximum Gasteiger partial charge on any atom is 0.217 e. The zero-order valence-electron chi connectivity index (χ0n) is 9.76. The minimum absolute atomic E-state index is 0.0184. The van der Waals surface area contributed by atoms with Crippen molar-refractivity contribution in [2.75, 3.05) is 0 Å². The van der Waals surface area contributed by atoms with Gasteiger partial charge in [-0.3, -0.25) is 9.59 Å². The zero-order valence-corrected chi connectivity index (χ0v) is 9.76. The molecule has 1 amide bonds. The molecule has 1 rings (SSSR count). The van der Waals surface area contributed by atoms with E-state index >= 15 is 0 Å². The second-order valence-electron chi connectivity index (χ2n) is 4.06. The Labute approximate surface area is 101 Å². The second kappa shape index (κ2) is 6.81. The number of carbonyl (C=O) groups is 2. The molecule has 0 aliphatic carbocycles. The molecule has 0 heterocycles. The van der Waals surface area contributed by atoms with Crippen LogP contribution in [0.2, 0.25) is 0 Å². The van der Waals surface area contributed by atoms with E-state index in [1.54, 1.807) is 0 Å². The molecule has 1 aromatic rings. The first-order chi connectivity index (χ1) is 8.09. The predicted molar refractivity (Wildman–Crippen MR) is 66.2 cm³/mol. The summed E-state index contributed by atoms with van der Waals surface area (Å²) >= 11 is 0. The third kappa shape index (κ3) is 5.26. The van der Waals surface area contributed by atoms with Crippen LogP contribution in [0.4, 0.5) is 0 Å². The van der Waals surface area contributed by atoms with Crippen molar-refractivity contribution in [3.8, 4) is 0 Å². The van der Waals surface area contributed by atoms with E-state index in [-0.39, 0.29) is 12.2 Å². The lowest BCUT2D eigenvalue weighted by atomic mass is 10.0. The minimum atomic E-state index is -0.578. The summed E-state index contributed by atoms with van der Waals surface area (Å²) in [6, 6.07) is 9.18. The fourth-order valence-corrected chi connectivity index (χ4v) is 1.56. The lowest BCUT2D eigenvalue weighted by Crippen LogP contribution is -2.32. The monoisotopic (exact) mass is 234 g/mol. The third-order valence-corrected chi connectivity index (χ3v) is 2.62. The van der Waals surface area contributed by atoms with Crippen molar-refractivity contribution in [2.45, 2.75) is 31.7 Å². The normalized spacial score (nSPS) is 12.1. The van der Waals surface area contributed by atoms with E-state index in [0.29, 0.717) is 19.3 Å². The van der Waals surface area contributed by atoms with Crippen molar-refractivity contribution in [3.05, 3.63) is 35.9 Å². The molecule has 0 unspecified atom stereocenters. The van der Waals surface area contributed by atoms with Crippen molar-refractivity contribution in [3.63, 3.8) is 0 Å². The lowest BCUT2D eigenvalue weighted by Gasteiger charge is -2.09. The Balaban J connectivity index is 2.32. The number of nitrogens with two attached hydrogens (primary N) is 2. The quantitative estimate of drug-likeness (QED) is 0.731. The number of amides is 1. The van der Waals surface area contributed by atoms with Gasteiger partial charge in [-0.2, -0.15) is 0 Å². The number of ketones is 1. The van der Waals surface area contributed by atoms with Gasteiger partial charge in [0.25, 0.3) is 0 Å². The van der Waals surface area contributed by atoms with Gasteiger partial charge in [-0.1, -0.05) is 30.3 Å². The van der Waals surface area contributed by atoms with Gasteiger partial charge in [-0.25, -0.2) is 0 Å². The molecule has 0 spiro atoms. The van der Waals surface area contributed by atoms with Gasteiger partial charge in [0.2, 0.25) is 5.91 Å². The van der Waals surface area contributed by atoms with Crippen LogP contribution < -0.4 is 11.5 Å². The Bertz CT molecular complexity index is 376. The Kier molecular flexibility index (Phi) is 5.36. The van der Waals surface area contributed by atoms with Crippen LogP contribution in [0.25, 0.3) is 0 Å². The third-order valence-electron chi connectivity index (χ3n) is 2.62. The fourth-order valence-electron chi connectivity index (χ4n) is 1.56. The van der Waals surface area contributed by atoms with Crippen LogP contribution in [0.1, 0.15) is 24.8 Å². The molecular weight excluding hydrogens is 216 g/mol. The number of aryl methyl sites for hydroxylation is 1. The highest BCUT2D eigenvalue weighted by Crippen LogP contribution is 2.05. The van der Waals surface area contributed by atoms with Gasteiger partial charge in [0.15, 0.2) is 0 Å². The first-order valence-corrected chi connectivity index (χ1v) is 5.70. The standard InChI is InChI=1S/C13H18N2O2/c14-11(7-9-13(15)17)12(16)8-6-10-4-2-1-3-5-10/h1-5,11H,6-9,14H2,(H2,15,17)/t11-/m0/s1. The Hall–Kier alpha value is -1.68. The number of hydrogen-bond acceptors (Lipinski definition) is 3. The summed E-state index contributed by atoms with van der Waals surface area (Å²) in [5.41, 5.74) is 11.8. The summed E-state index contributed by atoms with van der Waals surface area (Å²) < 4.78 is 0. The SMILES string of the molecule is NC(=O)CC[C@H](N)C(=O)CCc1ccccc1. The average Bonchev–Trinajstić information content (AvgIpc) is 2.34. The zero-order chi connectivity index (χ0) is 12.7. The van der Waals surface area contributed by atoms with Gasteiger partial charge >= 0.3 is 0 Å². The highest BCUT2D eigenvalue weighted by atomic mass is 16.1. The highest BCUT2D eigenvalue weighted by molar-refractivity contribution is 5.84. The summed E-state index contributed by atoms with van der Waals surface area (Å²) in [5.74, 6) is -0.439. The Morgan fingerprint density at radius 3 is 2.35 bits per heavy atom. The summed E-state index contributed by atoms with van der Waals surface area (Å²) in [5, 5.41) is 0. The van der Waals surface area contributed by atoms with E-state index in [0.717, 1.165) is 5.56 Å². The van der Waals surface area contributed by atoms with Crippen LogP contribution in [0.5, 0.6) is 0 Å². The van der Waals surface area contributed by atoms with Crippen LogP contribution in [0, 0.1) is 0 Å². The average molecular weight is 234 g/mol. The van der Waals surface area contributed by atoms with Crippen molar-refractivity contribution in [1.29, 1.82) is 0 Å². The van der Waals surface area contributed by atoms with Gasteiger partial charge in [-0.05, 0) is 18.4 Å². The number of rotatable bonds is 7. The Morgan fingerprint density at radius 1 is 1.12 bits per heavy atom. The molecule has 0 saturated heterocycles. The summed E-state index contributed by atoms with van der Waals surface area (Å²) in [7, 11) is 0. The van der Waals surface area contributed by atoms with Crippen molar-refractivity contribution in [2.24, 2.45) is 11.5 Å². The molecule has 1 aromatic carbocycles. The molecule has 0 bridgehead atoms. The smallest absolute Gasteiger partial charge is 0.217 e. The van der Waals surface area contributed by atoms with Crippen LogP contribution in [0.15, 0.2) is 30.3 Å². The molecule has 1 atom stereocenters. The molecule has 0 saturated carbocycles. The molecule has 92 valence electrons. The van der Waals surface area contributed by atoms with Crippen molar-refractivity contribution in [1.82, 2.24) is 0 Å². The molecule has 0 fully saturated rings. The van der Waals surface area contributed by atoms with Crippen LogP contribution in [-0.4, -0.2) is 17.7 Å². The van der Waals surface area contributed by atoms with Crippen LogP contribution in [-0.2, 0) is 16.0 Å². The highest BCUT2D eigenvalue weighted by Gasteiger charge is 2.13. The number of primary amides is 1. The number of hydrogen-bond donors (Lipinski definition) is 2. The number of benzene rings is 1. The van der Waals surface area contributed by atoms with Gasteiger partial charge in [0.05, 0.1) is 6.04 Å². The van der Waals surface area contributed by atoms with E-state index in [4.69, 9.17) is 11.5 Å². The molecule has 0 radical (unpaired) electrons. The van der Waals surface area contributed by atoms with Gasteiger partial charge < -0.3 is 11.5 Å². The first kappa shape index (κ1) is 13.4. The number of carbonyl (C=O) groups excluding carboxylic acids is 2. The molecule has 4 nitrogen and oxygen atoms in total. The number of Topliss-reactive ketones (excluding diaryl/α,β-unsaturated/α-hetero) is 1. The van der Waals surface area contributed by atoms with E-state index in [1.807, 2.05) is 30.3 Å². The molecule has 4 N–H and O–H groups in total. The van der Waals surface area contributed by atoms with Gasteiger partial charge in [0.1, 0.15) is 5.78 Å². The minimum Gasteiger partial charge on any atom is -0.370 e. The van der Waals surface area contributed by atoms with Gasteiger partial charge in [-0.15, -0.1) is 0 Å². The largest absolute Gasteiger partial charge is 0.370 e. The van der Waals surface area contributed by atoms with Crippen LogP contribution >= 0.6 is 0 Å². The first-order valence-electron chi connectivity index (χ1n) is 5.70. The molecule has 17 heavy (non-hydrogen) atoms. The van der Waals surface area contributed by atoms with Crippen molar-refractivity contribution >= 4 is 11.7 Å². The molecule has 0 aliphatic rings. The molecule has 0 aliphatic heterocycles. The van der Waals surface area contributed by atoms with E-state index in [9.17, 15) is 9.59 Å². The predicted octanol–water partition coefficient (Wildman–Crippen LogP) is 0.781. The topological polar surface area (TPSA) is 86.2 Å². The maximum atomic E-state index is 11.7. The van der Waals surface area contributed by atoms with E-state index in [2.05, 4.69) is 0 Å². The van der Waals surface area contributed by atoms with Crippen molar-refractivity contribution < 1.29 is 9.59 Å². The van der Waals surface area contributed by atoms with Crippen LogP contribution in [0.3, 0.4) is 0 Å². The summed E-state index contributed by atoms with van der Waals surface area (Å²) in [4.78, 5) is 22.2. The van der Waals surface area contributed by atoms with E-state index in [1.165, 1.54) is 0 Å².